The van der Waals surface area contributed by atoms with Crippen LogP contribution in [-0.2, 0) is 0 Å². The van der Waals surface area contributed by atoms with Crippen LogP contribution in [0.5, 0.6) is 0 Å². The molecule has 0 bridgehead atoms. The molecule has 1 aliphatic heterocycles. The van der Waals surface area contributed by atoms with E-state index < -0.39 is 0 Å². The highest BCUT2D eigenvalue weighted by atomic mass is 16.6. The predicted molar refractivity (Wildman–Crippen MR) is 81.3 cm³/mol. The summed E-state index contributed by atoms with van der Waals surface area (Å²) in [5.41, 5.74) is 2.07. The molecule has 0 atom stereocenters. The molecule has 1 aromatic rings. The number of anilines is 1. The van der Waals surface area contributed by atoms with Crippen molar-refractivity contribution in [3.8, 4) is 0 Å². The lowest BCUT2D eigenvalue weighted by atomic mass is 9.96. The van der Waals surface area contributed by atoms with E-state index in [2.05, 4.69) is 17.1 Å². The Morgan fingerprint density at radius 1 is 1.40 bits per heavy atom. The molecule has 0 aromatic heterocycles. The minimum atomic E-state index is -0.278. The largest absolute Gasteiger partial charge is 0.366 e. The van der Waals surface area contributed by atoms with Crippen molar-refractivity contribution in [2.45, 2.75) is 26.7 Å². The maximum atomic E-state index is 11.2. The van der Waals surface area contributed by atoms with Gasteiger partial charge in [-0.15, -0.1) is 0 Å². The minimum absolute atomic E-state index is 0.223. The van der Waals surface area contributed by atoms with Crippen molar-refractivity contribution in [1.82, 2.24) is 5.32 Å². The molecule has 5 nitrogen and oxygen atoms in total. The molecule has 0 aliphatic carbocycles. The third-order valence-electron chi connectivity index (χ3n) is 3.97. The Kier molecular flexibility index (Phi) is 4.95. The first-order chi connectivity index (χ1) is 9.61. The maximum Gasteiger partial charge on any atom is 0.292 e. The summed E-state index contributed by atoms with van der Waals surface area (Å²) in [6.07, 6.45) is 2.19. The molecule has 1 aliphatic rings. The molecule has 1 N–H and O–H groups in total. The molecule has 2 rings (SSSR count). The van der Waals surface area contributed by atoms with E-state index in [9.17, 15) is 10.1 Å². The number of nitrogens with zero attached hydrogens (tertiary/aromatic N) is 2. The molecule has 0 radical (unpaired) electrons. The van der Waals surface area contributed by atoms with Crippen LogP contribution in [0.4, 0.5) is 11.4 Å². The van der Waals surface area contributed by atoms with Gasteiger partial charge in [-0.05, 0) is 50.4 Å². The highest BCUT2D eigenvalue weighted by Crippen LogP contribution is 2.32. The van der Waals surface area contributed by atoms with Gasteiger partial charge in [0.25, 0.3) is 5.69 Å². The van der Waals surface area contributed by atoms with E-state index in [4.69, 9.17) is 0 Å². The molecule has 0 saturated carbocycles. The van der Waals surface area contributed by atoms with Crippen LogP contribution in [0.15, 0.2) is 18.2 Å². The number of nitrogens with one attached hydrogen (secondary N) is 1. The summed E-state index contributed by atoms with van der Waals surface area (Å²) in [5.74, 6) is 0.690. The van der Waals surface area contributed by atoms with Crippen LogP contribution in [-0.4, -0.2) is 31.1 Å². The second-order valence-electron chi connectivity index (χ2n) is 5.49. The van der Waals surface area contributed by atoms with E-state index in [0.717, 1.165) is 50.3 Å². The number of nitro benzene ring substituents is 1. The van der Waals surface area contributed by atoms with E-state index >= 15 is 0 Å². The van der Waals surface area contributed by atoms with Gasteiger partial charge in [0.05, 0.1) is 4.92 Å². The molecule has 110 valence electrons. The summed E-state index contributed by atoms with van der Waals surface area (Å²) < 4.78 is 0. The van der Waals surface area contributed by atoms with Gasteiger partial charge in [0.2, 0.25) is 0 Å². The van der Waals surface area contributed by atoms with Crippen LogP contribution in [0, 0.1) is 23.0 Å². The number of benzene rings is 1. The summed E-state index contributed by atoms with van der Waals surface area (Å²) in [6, 6.07) is 5.36. The maximum absolute atomic E-state index is 11.2. The molecule has 0 unspecified atom stereocenters. The van der Waals surface area contributed by atoms with Crippen LogP contribution in [0.1, 0.15) is 25.3 Å². The highest BCUT2D eigenvalue weighted by molar-refractivity contribution is 5.64. The average molecular weight is 277 g/mol. The summed E-state index contributed by atoms with van der Waals surface area (Å²) in [7, 11) is 0. The number of piperidine rings is 1. The first-order valence-electron chi connectivity index (χ1n) is 7.32. The van der Waals surface area contributed by atoms with Gasteiger partial charge in [-0.25, -0.2) is 0 Å². The van der Waals surface area contributed by atoms with Crippen LogP contribution in [0.25, 0.3) is 0 Å². The molecule has 1 aromatic carbocycles. The van der Waals surface area contributed by atoms with Gasteiger partial charge < -0.3 is 10.2 Å². The molecule has 0 spiro atoms. The number of aryl methyl sites for hydroxylation is 1. The molecule has 1 fully saturated rings. The molecule has 0 amide bonds. The van der Waals surface area contributed by atoms with E-state index in [1.54, 1.807) is 12.1 Å². The quantitative estimate of drug-likeness (QED) is 0.664. The van der Waals surface area contributed by atoms with Crippen molar-refractivity contribution in [2.75, 3.05) is 31.1 Å². The van der Waals surface area contributed by atoms with Gasteiger partial charge in [0.1, 0.15) is 5.69 Å². The summed E-state index contributed by atoms with van der Waals surface area (Å²) >= 11 is 0. The van der Waals surface area contributed by atoms with Crippen molar-refractivity contribution in [3.63, 3.8) is 0 Å². The molecule has 5 heteroatoms. The second-order valence-corrected chi connectivity index (χ2v) is 5.49. The predicted octanol–water partition coefficient (Wildman–Crippen LogP) is 2.73. The fourth-order valence-corrected chi connectivity index (χ4v) is 2.77. The lowest BCUT2D eigenvalue weighted by Crippen LogP contribution is -2.37. The third-order valence-corrected chi connectivity index (χ3v) is 3.97. The smallest absolute Gasteiger partial charge is 0.292 e. The van der Waals surface area contributed by atoms with Crippen LogP contribution >= 0.6 is 0 Å². The molecule has 20 heavy (non-hydrogen) atoms. The van der Waals surface area contributed by atoms with E-state index in [1.807, 2.05) is 13.0 Å². The SMILES string of the molecule is CCNCC1CCN(c2cc(C)ccc2[N+](=O)[O-])CC1. The van der Waals surface area contributed by atoms with E-state index in [0.29, 0.717) is 5.92 Å². The van der Waals surface area contributed by atoms with Gasteiger partial charge in [-0.1, -0.05) is 13.0 Å². The van der Waals surface area contributed by atoms with Crippen LogP contribution in [0.3, 0.4) is 0 Å². The Labute approximate surface area is 120 Å². The standard InChI is InChI=1S/C15H23N3O2/c1-3-16-11-13-6-8-17(9-7-13)15-10-12(2)4-5-14(15)18(19)20/h4-5,10,13,16H,3,6-9,11H2,1-2H3. The van der Waals surface area contributed by atoms with Crippen molar-refractivity contribution in [2.24, 2.45) is 5.92 Å². The topological polar surface area (TPSA) is 58.4 Å². The lowest BCUT2D eigenvalue weighted by molar-refractivity contribution is -0.384. The molecular weight excluding hydrogens is 254 g/mol. The molecule has 1 saturated heterocycles. The zero-order valence-corrected chi connectivity index (χ0v) is 12.3. The number of hydrogen-bond acceptors (Lipinski definition) is 4. The average Bonchev–Trinajstić information content (AvgIpc) is 2.45. The summed E-state index contributed by atoms with van der Waals surface area (Å²) in [5, 5.41) is 14.5. The Balaban J connectivity index is 2.06. The fourth-order valence-electron chi connectivity index (χ4n) is 2.77. The first-order valence-corrected chi connectivity index (χ1v) is 7.32. The fraction of sp³-hybridized carbons (Fsp3) is 0.600. The lowest BCUT2D eigenvalue weighted by Gasteiger charge is -2.33. The normalized spacial score (nSPS) is 16.4. The minimum Gasteiger partial charge on any atom is -0.366 e. The molecule has 1 heterocycles. The van der Waals surface area contributed by atoms with Crippen molar-refractivity contribution >= 4 is 11.4 Å². The Bertz CT molecular complexity index is 468. The molecular formula is C15H23N3O2. The van der Waals surface area contributed by atoms with E-state index in [-0.39, 0.29) is 10.6 Å². The number of rotatable bonds is 5. The van der Waals surface area contributed by atoms with Gasteiger partial charge in [-0.2, -0.15) is 0 Å². The summed E-state index contributed by atoms with van der Waals surface area (Å²) in [4.78, 5) is 13.0. The highest BCUT2D eigenvalue weighted by Gasteiger charge is 2.24. The third kappa shape index (κ3) is 3.48. The zero-order valence-electron chi connectivity index (χ0n) is 12.3. The number of hydrogen-bond donors (Lipinski definition) is 1. The number of nitro groups is 1. The van der Waals surface area contributed by atoms with Gasteiger partial charge in [0, 0.05) is 19.2 Å². The van der Waals surface area contributed by atoms with Crippen LogP contribution in [0.2, 0.25) is 0 Å². The Morgan fingerprint density at radius 2 is 2.10 bits per heavy atom. The Hall–Kier alpha value is -1.62. The van der Waals surface area contributed by atoms with Gasteiger partial charge >= 0.3 is 0 Å². The van der Waals surface area contributed by atoms with Crippen molar-refractivity contribution < 1.29 is 4.92 Å². The Morgan fingerprint density at radius 3 is 2.70 bits per heavy atom. The monoisotopic (exact) mass is 277 g/mol. The summed E-state index contributed by atoms with van der Waals surface area (Å²) in [6.45, 7) is 7.96. The van der Waals surface area contributed by atoms with Crippen molar-refractivity contribution in [3.05, 3.63) is 33.9 Å². The first kappa shape index (κ1) is 14.8. The van der Waals surface area contributed by atoms with E-state index in [1.165, 1.54) is 0 Å². The zero-order chi connectivity index (χ0) is 14.5. The van der Waals surface area contributed by atoms with Crippen molar-refractivity contribution in [1.29, 1.82) is 0 Å². The van der Waals surface area contributed by atoms with Gasteiger partial charge in [-0.3, -0.25) is 10.1 Å². The van der Waals surface area contributed by atoms with Gasteiger partial charge in [0.15, 0.2) is 0 Å². The van der Waals surface area contributed by atoms with Crippen LogP contribution < -0.4 is 10.2 Å². The second kappa shape index (κ2) is 6.70.